The van der Waals surface area contributed by atoms with Crippen molar-refractivity contribution in [2.45, 2.75) is 6.42 Å². The molecule has 5 heteroatoms. The first-order valence-corrected chi connectivity index (χ1v) is 7.10. The predicted molar refractivity (Wildman–Crippen MR) is 79.9 cm³/mol. The molecule has 1 saturated heterocycles. The third-order valence-electron chi connectivity index (χ3n) is 3.58. The molecule has 0 radical (unpaired) electrons. The Morgan fingerprint density at radius 2 is 2.05 bits per heavy atom. The Morgan fingerprint density at radius 1 is 1.25 bits per heavy atom. The van der Waals surface area contributed by atoms with Crippen LogP contribution in [-0.4, -0.2) is 34.8 Å². The molecule has 4 nitrogen and oxygen atoms in total. The minimum Gasteiger partial charge on any atom is -0.396 e. The molecule has 1 fully saturated rings. The van der Waals surface area contributed by atoms with Crippen LogP contribution in [0.25, 0.3) is 11.4 Å². The summed E-state index contributed by atoms with van der Waals surface area (Å²) in [5.74, 6) is 1.80. The van der Waals surface area contributed by atoms with Crippen molar-refractivity contribution in [1.82, 2.24) is 9.97 Å². The summed E-state index contributed by atoms with van der Waals surface area (Å²) in [5, 5.41) is 9.68. The van der Waals surface area contributed by atoms with E-state index in [0.717, 1.165) is 30.9 Å². The Kier molecular flexibility index (Phi) is 3.85. The van der Waals surface area contributed by atoms with Crippen LogP contribution in [0.2, 0.25) is 5.15 Å². The molecule has 1 aliphatic rings. The molecule has 1 aromatic carbocycles. The summed E-state index contributed by atoms with van der Waals surface area (Å²) < 4.78 is 0. The number of hydrogen-bond donors (Lipinski definition) is 1. The number of anilines is 1. The zero-order valence-corrected chi connectivity index (χ0v) is 11.8. The fraction of sp³-hybridized carbons (Fsp3) is 0.333. The molecule has 1 N–H and O–H groups in total. The fourth-order valence-electron chi connectivity index (χ4n) is 2.47. The van der Waals surface area contributed by atoms with Crippen molar-refractivity contribution in [2.24, 2.45) is 5.92 Å². The van der Waals surface area contributed by atoms with Crippen LogP contribution in [0.3, 0.4) is 0 Å². The molecule has 1 aliphatic heterocycles. The van der Waals surface area contributed by atoms with Crippen molar-refractivity contribution < 1.29 is 5.11 Å². The van der Waals surface area contributed by atoms with Crippen LogP contribution < -0.4 is 4.90 Å². The lowest BCUT2D eigenvalue weighted by Crippen LogP contribution is -2.22. The van der Waals surface area contributed by atoms with Crippen molar-refractivity contribution in [1.29, 1.82) is 0 Å². The molecular formula is C15H16ClN3O. The number of hydrogen-bond acceptors (Lipinski definition) is 4. The average Bonchev–Trinajstić information content (AvgIpc) is 2.96. The van der Waals surface area contributed by atoms with Gasteiger partial charge in [0.1, 0.15) is 11.0 Å². The largest absolute Gasteiger partial charge is 0.396 e. The summed E-state index contributed by atoms with van der Waals surface area (Å²) in [6, 6.07) is 11.6. The van der Waals surface area contributed by atoms with Gasteiger partial charge in [-0.15, -0.1) is 0 Å². The number of rotatable bonds is 3. The molecule has 0 spiro atoms. The van der Waals surface area contributed by atoms with E-state index in [2.05, 4.69) is 14.9 Å². The van der Waals surface area contributed by atoms with Gasteiger partial charge in [-0.2, -0.15) is 0 Å². The Morgan fingerprint density at radius 3 is 2.75 bits per heavy atom. The third kappa shape index (κ3) is 2.76. The van der Waals surface area contributed by atoms with Crippen molar-refractivity contribution in [2.75, 3.05) is 24.6 Å². The predicted octanol–water partition coefficient (Wildman–Crippen LogP) is 2.62. The smallest absolute Gasteiger partial charge is 0.163 e. The summed E-state index contributed by atoms with van der Waals surface area (Å²) in [6.07, 6.45) is 0.985. The molecular weight excluding hydrogens is 274 g/mol. The second-order valence-corrected chi connectivity index (χ2v) is 5.41. The number of aliphatic hydroxyl groups excluding tert-OH is 1. The number of halogens is 1. The summed E-state index contributed by atoms with van der Waals surface area (Å²) in [6.45, 7) is 1.94. The van der Waals surface area contributed by atoms with Crippen LogP contribution in [0.4, 0.5) is 5.82 Å². The minimum absolute atomic E-state index is 0.223. The van der Waals surface area contributed by atoms with E-state index in [0.29, 0.717) is 16.9 Å². The van der Waals surface area contributed by atoms with Crippen molar-refractivity contribution in [3.05, 3.63) is 41.6 Å². The van der Waals surface area contributed by atoms with E-state index >= 15 is 0 Å². The molecule has 0 bridgehead atoms. The molecule has 2 heterocycles. The fourth-order valence-corrected chi connectivity index (χ4v) is 2.65. The molecule has 0 amide bonds. The zero-order chi connectivity index (χ0) is 13.9. The van der Waals surface area contributed by atoms with E-state index in [1.807, 2.05) is 30.3 Å². The molecule has 104 valence electrons. The number of aliphatic hydroxyl groups is 1. The molecule has 20 heavy (non-hydrogen) atoms. The number of nitrogens with zero attached hydrogens (tertiary/aromatic N) is 3. The molecule has 1 aromatic heterocycles. The zero-order valence-electron chi connectivity index (χ0n) is 11.0. The summed E-state index contributed by atoms with van der Waals surface area (Å²) >= 11 is 6.12. The van der Waals surface area contributed by atoms with Crippen LogP contribution in [0, 0.1) is 5.92 Å². The summed E-state index contributed by atoms with van der Waals surface area (Å²) in [7, 11) is 0. The van der Waals surface area contributed by atoms with Crippen LogP contribution >= 0.6 is 11.6 Å². The van der Waals surface area contributed by atoms with Crippen LogP contribution in [-0.2, 0) is 0 Å². The van der Waals surface area contributed by atoms with Crippen LogP contribution in [0.5, 0.6) is 0 Å². The number of aromatic nitrogens is 2. The van der Waals surface area contributed by atoms with Gasteiger partial charge < -0.3 is 10.0 Å². The van der Waals surface area contributed by atoms with Gasteiger partial charge in [-0.1, -0.05) is 41.9 Å². The van der Waals surface area contributed by atoms with E-state index in [4.69, 9.17) is 11.6 Å². The van der Waals surface area contributed by atoms with E-state index in [1.54, 1.807) is 6.07 Å². The maximum atomic E-state index is 9.23. The monoisotopic (exact) mass is 289 g/mol. The van der Waals surface area contributed by atoms with Crippen LogP contribution in [0.15, 0.2) is 36.4 Å². The molecule has 1 atom stereocenters. The molecule has 2 aromatic rings. The Labute approximate surface area is 123 Å². The topological polar surface area (TPSA) is 49.2 Å². The highest BCUT2D eigenvalue weighted by molar-refractivity contribution is 6.29. The van der Waals surface area contributed by atoms with Gasteiger partial charge in [-0.3, -0.25) is 0 Å². The normalized spacial score (nSPS) is 18.5. The first kappa shape index (κ1) is 13.3. The van der Waals surface area contributed by atoms with Crippen molar-refractivity contribution >= 4 is 17.4 Å². The summed E-state index contributed by atoms with van der Waals surface area (Å²) in [4.78, 5) is 11.0. The Bertz CT molecular complexity index is 591. The van der Waals surface area contributed by atoms with E-state index in [1.165, 1.54) is 0 Å². The van der Waals surface area contributed by atoms with Gasteiger partial charge in [0, 0.05) is 37.2 Å². The Hall–Kier alpha value is -1.65. The lowest BCUT2D eigenvalue weighted by Gasteiger charge is -2.18. The van der Waals surface area contributed by atoms with Gasteiger partial charge in [-0.25, -0.2) is 9.97 Å². The Balaban J connectivity index is 1.92. The van der Waals surface area contributed by atoms with Crippen molar-refractivity contribution in [3.8, 4) is 11.4 Å². The molecule has 1 unspecified atom stereocenters. The maximum absolute atomic E-state index is 9.23. The third-order valence-corrected chi connectivity index (χ3v) is 3.78. The van der Waals surface area contributed by atoms with Gasteiger partial charge in [0.2, 0.25) is 0 Å². The van der Waals surface area contributed by atoms with Crippen molar-refractivity contribution in [3.63, 3.8) is 0 Å². The first-order valence-electron chi connectivity index (χ1n) is 6.72. The number of benzene rings is 1. The molecule has 0 aliphatic carbocycles. The lowest BCUT2D eigenvalue weighted by atomic mass is 10.1. The quantitative estimate of drug-likeness (QED) is 0.883. The van der Waals surface area contributed by atoms with E-state index in [-0.39, 0.29) is 6.61 Å². The summed E-state index contributed by atoms with van der Waals surface area (Å²) in [5.41, 5.74) is 0.953. The second-order valence-electron chi connectivity index (χ2n) is 5.02. The maximum Gasteiger partial charge on any atom is 0.163 e. The standard InChI is InChI=1S/C15H16ClN3O/c16-13-8-14(19-7-6-11(9-19)10-20)18-15(17-13)12-4-2-1-3-5-12/h1-5,8,11,20H,6-7,9-10H2. The first-order chi connectivity index (χ1) is 9.76. The van der Waals surface area contributed by atoms with Gasteiger partial charge in [0.25, 0.3) is 0 Å². The van der Waals surface area contributed by atoms with Gasteiger partial charge in [0.05, 0.1) is 0 Å². The van der Waals surface area contributed by atoms with Gasteiger partial charge >= 0.3 is 0 Å². The second kappa shape index (κ2) is 5.77. The van der Waals surface area contributed by atoms with E-state index < -0.39 is 0 Å². The SMILES string of the molecule is OCC1CCN(c2cc(Cl)nc(-c3ccccc3)n2)C1. The minimum atomic E-state index is 0.223. The lowest BCUT2D eigenvalue weighted by molar-refractivity contribution is 0.238. The van der Waals surface area contributed by atoms with Gasteiger partial charge in [-0.05, 0) is 6.42 Å². The highest BCUT2D eigenvalue weighted by Crippen LogP contribution is 2.26. The van der Waals surface area contributed by atoms with E-state index in [9.17, 15) is 5.11 Å². The molecule has 3 rings (SSSR count). The van der Waals surface area contributed by atoms with Crippen LogP contribution in [0.1, 0.15) is 6.42 Å². The highest BCUT2D eigenvalue weighted by Gasteiger charge is 2.23. The average molecular weight is 290 g/mol. The molecule has 0 saturated carbocycles. The highest BCUT2D eigenvalue weighted by atomic mass is 35.5. The van der Waals surface area contributed by atoms with Gasteiger partial charge in [0.15, 0.2) is 5.82 Å².